The molecule has 0 aliphatic rings. The van der Waals surface area contributed by atoms with Crippen molar-refractivity contribution in [3.63, 3.8) is 0 Å². The van der Waals surface area contributed by atoms with Crippen molar-refractivity contribution in [1.29, 1.82) is 0 Å². The number of benzene rings is 1. The summed E-state index contributed by atoms with van der Waals surface area (Å²) in [5.74, 6) is 0.154. The third-order valence-corrected chi connectivity index (χ3v) is 4.42. The van der Waals surface area contributed by atoms with Gasteiger partial charge in [0.15, 0.2) is 16.3 Å². The van der Waals surface area contributed by atoms with E-state index in [1.54, 1.807) is 17.7 Å². The van der Waals surface area contributed by atoms with Crippen molar-refractivity contribution in [3.05, 3.63) is 51.3 Å². The summed E-state index contributed by atoms with van der Waals surface area (Å²) in [6.45, 7) is 0. The molecule has 5 nitrogen and oxygen atoms in total. The molecule has 0 unspecified atom stereocenters. The van der Waals surface area contributed by atoms with Crippen LogP contribution in [0, 0.1) is 5.82 Å². The monoisotopic (exact) mass is 324 g/mol. The van der Waals surface area contributed by atoms with Gasteiger partial charge in [0.2, 0.25) is 0 Å². The van der Waals surface area contributed by atoms with Crippen LogP contribution in [0.3, 0.4) is 0 Å². The van der Waals surface area contributed by atoms with Crippen LogP contribution in [0.1, 0.15) is 5.56 Å². The number of nitrogens with one attached hydrogen (secondary N) is 1. The zero-order valence-electron chi connectivity index (χ0n) is 10.9. The van der Waals surface area contributed by atoms with Gasteiger partial charge < -0.3 is 9.55 Å². The van der Waals surface area contributed by atoms with Crippen LogP contribution in [0.4, 0.5) is 4.39 Å². The van der Waals surface area contributed by atoms with Gasteiger partial charge in [0.1, 0.15) is 5.82 Å². The highest BCUT2D eigenvalue weighted by molar-refractivity contribution is 7.98. The van der Waals surface area contributed by atoms with E-state index in [0.29, 0.717) is 27.1 Å². The van der Waals surface area contributed by atoms with E-state index in [1.165, 1.54) is 30.2 Å². The fourth-order valence-electron chi connectivity index (χ4n) is 1.90. The minimum absolute atomic E-state index is 0.276. The van der Waals surface area contributed by atoms with Gasteiger partial charge in [0.25, 0.3) is 5.56 Å². The van der Waals surface area contributed by atoms with Crippen LogP contribution in [-0.4, -0.2) is 19.5 Å². The Hall–Kier alpha value is -1.86. The van der Waals surface area contributed by atoms with Crippen molar-refractivity contribution in [2.24, 2.45) is 7.05 Å². The molecule has 2 aromatic heterocycles. The molecule has 0 aliphatic carbocycles. The fraction of sp³-hybridized carbons (Fsp3) is 0.154. The summed E-state index contributed by atoms with van der Waals surface area (Å²) in [5, 5.41) is 1.02. The van der Waals surface area contributed by atoms with Crippen LogP contribution < -0.4 is 5.56 Å². The molecule has 0 aliphatic heterocycles. The molecule has 0 radical (unpaired) electrons. The Bertz CT molecular complexity index is 876. The molecule has 0 saturated carbocycles. The number of thioether (sulfide) groups is 1. The van der Waals surface area contributed by atoms with Gasteiger partial charge in [-0.05, 0) is 17.7 Å². The van der Waals surface area contributed by atoms with Crippen LogP contribution in [-0.2, 0) is 12.8 Å². The standard InChI is InChI=1S/C13H10ClFN4OS/c1-19-11-10(12(20)17-6-16-11)18-13(19)21-5-7-2-3-8(15)4-9(7)14/h2-4,6H,5H2,1H3,(H,16,17,20). The number of rotatable bonds is 3. The van der Waals surface area contributed by atoms with Crippen LogP contribution >= 0.6 is 23.4 Å². The smallest absolute Gasteiger partial charge is 0.278 e. The van der Waals surface area contributed by atoms with Gasteiger partial charge in [-0.15, -0.1) is 0 Å². The maximum Gasteiger partial charge on any atom is 0.278 e. The largest absolute Gasteiger partial charge is 0.311 e. The maximum atomic E-state index is 13.0. The van der Waals surface area contributed by atoms with Crippen molar-refractivity contribution in [3.8, 4) is 0 Å². The second-order valence-electron chi connectivity index (χ2n) is 4.38. The Labute approximate surface area is 128 Å². The first-order chi connectivity index (χ1) is 10.1. The summed E-state index contributed by atoms with van der Waals surface area (Å²) in [7, 11) is 1.79. The summed E-state index contributed by atoms with van der Waals surface area (Å²) in [4.78, 5) is 22.5. The van der Waals surface area contributed by atoms with Gasteiger partial charge in [-0.25, -0.2) is 14.4 Å². The van der Waals surface area contributed by atoms with Crippen LogP contribution in [0.5, 0.6) is 0 Å². The number of halogens is 2. The molecule has 3 aromatic rings. The highest BCUT2D eigenvalue weighted by Gasteiger charge is 2.12. The molecular weight excluding hydrogens is 315 g/mol. The Morgan fingerprint density at radius 3 is 3.00 bits per heavy atom. The molecule has 3 rings (SSSR count). The normalized spacial score (nSPS) is 11.2. The van der Waals surface area contributed by atoms with E-state index in [4.69, 9.17) is 11.6 Å². The van der Waals surface area contributed by atoms with Gasteiger partial charge in [-0.2, -0.15) is 0 Å². The lowest BCUT2D eigenvalue weighted by molar-refractivity contribution is 0.627. The third-order valence-electron chi connectivity index (χ3n) is 2.99. The van der Waals surface area contributed by atoms with E-state index in [0.717, 1.165) is 5.56 Å². The highest BCUT2D eigenvalue weighted by Crippen LogP contribution is 2.27. The first-order valence-corrected chi connectivity index (χ1v) is 7.39. The molecule has 2 heterocycles. The number of aromatic amines is 1. The molecule has 0 bridgehead atoms. The zero-order chi connectivity index (χ0) is 15.0. The number of aromatic nitrogens is 4. The van der Waals surface area contributed by atoms with E-state index in [9.17, 15) is 9.18 Å². The van der Waals surface area contributed by atoms with Gasteiger partial charge >= 0.3 is 0 Å². The van der Waals surface area contributed by atoms with Crippen molar-refractivity contribution in [1.82, 2.24) is 19.5 Å². The lowest BCUT2D eigenvalue weighted by atomic mass is 10.2. The molecule has 1 N–H and O–H groups in total. The molecule has 108 valence electrons. The predicted molar refractivity (Wildman–Crippen MR) is 80.1 cm³/mol. The number of imidazole rings is 1. The summed E-state index contributed by atoms with van der Waals surface area (Å²) in [6.07, 6.45) is 1.34. The lowest BCUT2D eigenvalue weighted by Crippen LogP contribution is -2.06. The molecular formula is C13H10ClFN4OS. The quantitative estimate of drug-likeness (QED) is 0.752. The van der Waals surface area contributed by atoms with Gasteiger partial charge in [-0.3, -0.25) is 4.79 Å². The van der Waals surface area contributed by atoms with Crippen LogP contribution in [0.25, 0.3) is 11.2 Å². The van der Waals surface area contributed by atoms with E-state index in [1.807, 2.05) is 0 Å². The fourth-order valence-corrected chi connectivity index (χ4v) is 3.19. The van der Waals surface area contributed by atoms with E-state index >= 15 is 0 Å². The topological polar surface area (TPSA) is 63.6 Å². The summed E-state index contributed by atoms with van der Waals surface area (Å²) in [6, 6.07) is 4.28. The Morgan fingerprint density at radius 2 is 2.29 bits per heavy atom. The minimum atomic E-state index is -0.368. The van der Waals surface area contributed by atoms with E-state index in [2.05, 4.69) is 15.0 Å². The number of fused-ring (bicyclic) bond motifs is 1. The number of nitrogens with zero attached hydrogens (tertiary/aromatic N) is 3. The molecule has 8 heteroatoms. The third kappa shape index (κ3) is 2.66. The minimum Gasteiger partial charge on any atom is -0.311 e. The van der Waals surface area contributed by atoms with Crippen molar-refractivity contribution in [2.45, 2.75) is 10.9 Å². The first kappa shape index (κ1) is 14.1. The summed E-state index contributed by atoms with van der Waals surface area (Å²) in [5.41, 5.74) is 1.35. The highest BCUT2D eigenvalue weighted by atomic mass is 35.5. The second kappa shape index (κ2) is 5.50. The summed E-state index contributed by atoms with van der Waals surface area (Å²) >= 11 is 7.40. The summed E-state index contributed by atoms with van der Waals surface area (Å²) < 4.78 is 14.7. The number of H-pyrrole nitrogens is 1. The van der Waals surface area contributed by atoms with Crippen LogP contribution in [0.2, 0.25) is 5.02 Å². The molecule has 0 saturated heterocycles. The van der Waals surface area contributed by atoms with Crippen molar-refractivity contribution >= 4 is 34.5 Å². The van der Waals surface area contributed by atoms with E-state index < -0.39 is 0 Å². The molecule has 0 spiro atoms. The number of aryl methyl sites for hydroxylation is 1. The zero-order valence-corrected chi connectivity index (χ0v) is 12.5. The van der Waals surface area contributed by atoms with Gasteiger partial charge in [0, 0.05) is 17.8 Å². The first-order valence-electron chi connectivity index (χ1n) is 6.03. The second-order valence-corrected chi connectivity index (χ2v) is 5.73. The molecule has 21 heavy (non-hydrogen) atoms. The molecule has 1 aromatic carbocycles. The number of hydrogen-bond acceptors (Lipinski definition) is 4. The Morgan fingerprint density at radius 1 is 1.48 bits per heavy atom. The van der Waals surface area contributed by atoms with Crippen molar-refractivity contribution < 1.29 is 4.39 Å². The lowest BCUT2D eigenvalue weighted by Gasteiger charge is -2.04. The Kier molecular flexibility index (Phi) is 3.69. The molecule has 0 atom stereocenters. The number of hydrogen-bond donors (Lipinski definition) is 1. The van der Waals surface area contributed by atoms with E-state index in [-0.39, 0.29) is 11.4 Å². The van der Waals surface area contributed by atoms with Gasteiger partial charge in [-0.1, -0.05) is 29.4 Å². The average molecular weight is 325 g/mol. The SMILES string of the molecule is Cn1c(SCc2ccc(F)cc2Cl)nc2c(=O)[nH]cnc21. The maximum absolute atomic E-state index is 13.0. The van der Waals surface area contributed by atoms with Gasteiger partial charge in [0.05, 0.1) is 6.33 Å². The van der Waals surface area contributed by atoms with Crippen LogP contribution in [0.15, 0.2) is 34.5 Å². The molecule has 0 amide bonds. The predicted octanol–water partition coefficient (Wildman–Crippen LogP) is 2.74. The molecule has 0 fully saturated rings. The average Bonchev–Trinajstić information content (AvgIpc) is 2.77. The Balaban J connectivity index is 1.90. The van der Waals surface area contributed by atoms with Crippen molar-refractivity contribution in [2.75, 3.05) is 0 Å².